The summed E-state index contributed by atoms with van der Waals surface area (Å²) in [7, 11) is 0. The highest BCUT2D eigenvalue weighted by molar-refractivity contribution is 5.82. The van der Waals surface area contributed by atoms with Crippen LogP contribution in [0.3, 0.4) is 0 Å². The molecule has 0 saturated heterocycles. The summed E-state index contributed by atoms with van der Waals surface area (Å²) in [5.41, 5.74) is 5.20. The summed E-state index contributed by atoms with van der Waals surface area (Å²) in [4.78, 5) is 10.4. The zero-order valence-electron chi connectivity index (χ0n) is 4.77. The van der Waals surface area contributed by atoms with Crippen molar-refractivity contribution in [2.24, 2.45) is 5.73 Å². The molecular formula is C5H11NO. The molecule has 0 saturated carbocycles. The van der Waals surface area contributed by atoms with Crippen LogP contribution in [-0.4, -0.2) is 11.8 Å². The quantitative estimate of drug-likeness (QED) is 0.544. The van der Waals surface area contributed by atoms with Gasteiger partial charge < -0.3 is 5.73 Å². The first-order valence-electron chi connectivity index (χ1n) is 2.46. The summed E-state index contributed by atoms with van der Waals surface area (Å²) >= 11 is 0. The third kappa shape index (κ3) is 2.34. The molecule has 2 N–H and O–H groups in total. The van der Waals surface area contributed by atoms with Crippen molar-refractivity contribution in [2.75, 3.05) is 0 Å². The number of rotatable bonds is 2. The Morgan fingerprint density at radius 1 is 1.86 bits per heavy atom. The number of carbonyl (C=O) groups is 1. The number of Topliss-reactive ketones (excluding diaryl/α,β-unsaturated/α-hetero) is 1. The van der Waals surface area contributed by atoms with E-state index in [2.05, 4.69) is 0 Å². The molecular weight excluding hydrogens is 90.1 g/mol. The van der Waals surface area contributed by atoms with E-state index in [-0.39, 0.29) is 11.8 Å². The van der Waals surface area contributed by atoms with Crippen LogP contribution in [-0.2, 0) is 4.79 Å². The SMILES string of the molecule is CCC(=O)C(C)N. The van der Waals surface area contributed by atoms with Gasteiger partial charge in [-0.3, -0.25) is 4.79 Å². The van der Waals surface area contributed by atoms with E-state index in [0.29, 0.717) is 6.42 Å². The fourth-order valence-electron chi connectivity index (χ4n) is 0.322. The zero-order valence-corrected chi connectivity index (χ0v) is 4.77. The third-order valence-corrected chi connectivity index (χ3v) is 0.856. The maximum Gasteiger partial charge on any atom is 0.148 e. The molecule has 0 rings (SSSR count). The monoisotopic (exact) mass is 101 g/mol. The smallest absolute Gasteiger partial charge is 0.148 e. The molecule has 7 heavy (non-hydrogen) atoms. The Labute approximate surface area is 43.7 Å². The van der Waals surface area contributed by atoms with Crippen LogP contribution in [0.15, 0.2) is 0 Å². The predicted octanol–water partition coefficient (Wildman–Crippen LogP) is 0.313. The van der Waals surface area contributed by atoms with Crippen LogP contribution in [0.2, 0.25) is 0 Å². The number of ketones is 1. The van der Waals surface area contributed by atoms with E-state index >= 15 is 0 Å². The molecule has 0 aliphatic carbocycles. The number of hydrogen-bond donors (Lipinski definition) is 1. The lowest BCUT2D eigenvalue weighted by molar-refractivity contribution is -0.119. The normalized spacial score (nSPS) is 13.6. The molecule has 0 radical (unpaired) electrons. The lowest BCUT2D eigenvalue weighted by Gasteiger charge is -1.96. The fraction of sp³-hybridized carbons (Fsp3) is 0.800. The Morgan fingerprint density at radius 2 is 2.29 bits per heavy atom. The highest BCUT2D eigenvalue weighted by Crippen LogP contribution is 1.83. The van der Waals surface area contributed by atoms with E-state index < -0.39 is 0 Å². The van der Waals surface area contributed by atoms with Crippen molar-refractivity contribution >= 4 is 5.78 Å². The summed E-state index contributed by atoms with van der Waals surface area (Å²) in [6.07, 6.45) is 0.553. The molecule has 42 valence electrons. The second-order valence-electron chi connectivity index (χ2n) is 1.61. The van der Waals surface area contributed by atoms with Gasteiger partial charge in [-0.25, -0.2) is 0 Å². The van der Waals surface area contributed by atoms with E-state index in [1.165, 1.54) is 0 Å². The van der Waals surface area contributed by atoms with Crippen LogP contribution in [0.5, 0.6) is 0 Å². The molecule has 0 aromatic rings. The third-order valence-electron chi connectivity index (χ3n) is 0.856. The van der Waals surface area contributed by atoms with E-state index in [0.717, 1.165) is 0 Å². The van der Waals surface area contributed by atoms with Crippen molar-refractivity contribution in [3.8, 4) is 0 Å². The number of carbonyl (C=O) groups excluding carboxylic acids is 1. The van der Waals surface area contributed by atoms with Gasteiger partial charge in [-0.05, 0) is 6.92 Å². The van der Waals surface area contributed by atoms with Crippen molar-refractivity contribution in [1.29, 1.82) is 0 Å². The maximum absolute atomic E-state index is 10.4. The molecule has 0 bridgehead atoms. The molecule has 0 spiro atoms. The van der Waals surface area contributed by atoms with Gasteiger partial charge in [-0.1, -0.05) is 6.92 Å². The van der Waals surface area contributed by atoms with Crippen LogP contribution in [0.4, 0.5) is 0 Å². The van der Waals surface area contributed by atoms with Gasteiger partial charge in [0, 0.05) is 6.42 Å². The van der Waals surface area contributed by atoms with Crippen molar-refractivity contribution in [3.63, 3.8) is 0 Å². The van der Waals surface area contributed by atoms with Crippen molar-refractivity contribution in [1.82, 2.24) is 0 Å². The Kier molecular flexibility index (Phi) is 2.60. The van der Waals surface area contributed by atoms with Crippen molar-refractivity contribution in [3.05, 3.63) is 0 Å². The summed E-state index contributed by atoms with van der Waals surface area (Å²) in [5.74, 6) is 0.125. The fourth-order valence-corrected chi connectivity index (χ4v) is 0.322. The van der Waals surface area contributed by atoms with Crippen molar-refractivity contribution in [2.45, 2.75) is 26.3 Å². The molecule has 0 amide bonds. The van der Waals surface area contributed by atoms with E-state index in [4.69, 9.17) is 5.73 Å². The standard InChI is InChI=1S/C5H11NO/c1-3-5(7)4(2)6/h4H,3,6H2,1-2H3. The second-order valence-corrected chi connectivity index (χ2v) is 1.61. The lowest BCUT2D eigenvalue weighted by Crippen LogP contribution is -2.25. The molecule has 0 aliphatic heterocycles. The van der Waals surface area contributed by atoms with Crippen LogP contribution in [0, 0.1) is 0 Å². The van der Waals surface area contributed by atoms with Gasteiger partial charge in [-0.2, -0.15) is 0 Å². The first-order chi connectivity index (χ1) is 3.18. The average Bonchev–Trinajstić information content (AvgIpc) is 1.65. The molecule has 0 aromatic carbocycles. The van der Waals surface area contributed by atoms with Gasteiger partial charge in [0.1, 0.15) is 5.78 Å². The van der Waals surface area contributed by atoms with Crippen LogP contribution < -0.4 is 5.73 Å². The van der Waals surface area contributed by atoms with Crippen molar-refractivity contribution < 1.29 is 4.79 Å². The molecule has 0 aliphatic rings. The minimum absolute atomic E-state index is 0.125. The molecule has 2 nitrogen and oxygen atoms in total. The molecule has 0 fully saturated rings. The lowest BCUT2D eigenvalue weighted by atomic mass is 10.2. The van der Waals surface area contributed by atoms with Crippen LogP contribution in [0.25, 0.3) is 0 Å². The van der Waals surface area contributed by atoms with Gasteiger partial charge >= 0.3 is 0 Å². The minimum Gasteiger partial charge on any atom is -0.322 e. The van der Waals surface area contributed by atoms with Gasteiger partial charge in [0.15, 0.2) is 0 Å². The molecule has 2 heteroatoms. The van der Waals surface area contributed by atoms with Gasteiger partial charge in [-0.15, -0.1) is 0 Å². The minimum atomic E-state index is -0.273. The number of hydrogen-bond acceptors (Lipinski definition) is 2. The first kappa shape index (κ1) is 6.63. The highest BCUT2D eigenvalue weighted by Gasteiger charge is 2.01. The molecule has 1 unspecified atom stereocenters. The topological polar surface area (TPSA) is 43.1 Å². The summed E-state index contributed by atoms with van der Waals surface area (Å²) < 4.78 is 0. The zero-order chi connectivity index (χ0) is 5.86. The highest BCUT2D eigenvalue weighted by atomic mass is 16.1. The Hall–Kier alpha value is -0.370. The van der Waals surface area contributed by atoms with Gasteiger partial charge in [0.25, 0.3) is 0 Å². The van der Waals surface area contributed by atoms with Crippen LogP contribution >= 0.6 is 0 Å². The second kappa shape index (κ2) is 2.75. The Balaban J connectivity index is 3.35. The van der Waals surface area contributed by atoms with E-state index in [9.17, 15) is 4.79 Å². The summed E-state index contributed by atoms with van der Waals surface area (Å²) in [6, 6.07) is -0.273. The van der Waals surface area contributed by atoms with Gasteiger partial charge in [0.05, 0.1) is 6.04 Å². The van der Waals surface area contributed by atoms with E-state index in [1.54, 1.807) is 6.92 Å². The molecule has 0 aromatic heterocycles. The Morgan fingerprint density at radius 3 is 2.29 bits per heavy atom. The molecule has 1 atom stereocenters. The first-order valence-corrected chi connectivity index (χ1v) is 2.46. The summed E-state index contributed by atoms with van der Waals surface area (Å²) in [5, 5.41) is 0. The molecule has 0 heterocycles. The van der Waals surface area contributed by atoms with Gasteiger partial charge in [0.2, 0.25) is 0 Å². The largest absolute Gasteiger partial charge is 0.322 e. The predicted molar refractivity (Wildman–Crippen MR) is 28.9 cm³/mol. The Bertz CT molecular complexity index is 68.5. The van der Waals surface area contributed by atoms with Crippen LogP contribution in [0.1, 0.15) is 20.3 Å². The maximum atomic E-state index is 10.4. The number of nitrogens with two attached hydrogens (primary N) is 1. The van der Waals surface area contributed by atoms with E-state index in [1.807, 2.05) is 6.92 Å². The summed E-state index contributed by atoms with van der Waals surface area (Å²) in [6.45, 7) is 3.51. The average molecular weight is 101 g/mol.